The van der Waals surface area contributed by atoms with Crippen molar-refractivity contribution in [1.29, 1.82) is 0 Å². The molecule has 0 unspecified atom stereocenters. The summed E-state index contributed by atoms with van der Waals surface area (Å²) in [6, 6.07) is 5.05. The average Bonchev–Trinajstić information content (AvgIpc) is 2.06. The lowest BCUT2D eigenvalue weighted by Crippen LogP contribution is -1.83. The summed E-state index contributed by atoms with van der Waals surface area (Å²) >= 11 is 0. The Bertz CT molecular complexity index is 303. The molecule has 1 aromatic rings. The van der Waals surface area contributed by atoms with E-state index in [0.717, 1.165) is 0 Å². The number of rotatable bonds is 1. The van der Waals surface area contributed by atoms with Crippen molar-refractivity contribution in [3.8, 4) is 12.1 Å². The van der Waals surface area contributed by atoms with Crippen molar-refractivity contribution in [1.82, 2.24) is 0 Å². The molecule has 1 aromatic carbocycles. The summed E-state index contributed by atoms with van der Waals surface area (Å²) in [7, 11) is 0. The molecule has 0 N–H and O–H groups in total. The average molecular weight is 169 g/mol. The topological polar surface area (TPSA) is 0 Å². The van der Waals surface area contributed by atoms with Crippen LogP contribution in [0.2, 0.25) is 0 Å². The largest absolute Gasteiger partial charge is 0.339 e. The van der Waals surface area contributed by atoms with Gasteiger partial charge in [-0.1, -0.05) is 12.1 Å². The minimum absolute atomic E-state index is 0.167. The third kappa shape index (κ3) is 2.03. The van der Waals surface area contributed by atoms with Crippen LogP contribution >= 0.6 is 0 Å². The molecule has 0 aromatic heterocycles. The smallest absolute Gasteiger partial charge is 0.194 e. The predicted octanol–water partition coefficient (Wildman–Crippen LogP) is 2.74. The fraction of sp³-hybridized carbons (Fsp3) is 0. The zero-order valence-corrected chi connectivity index (χ0v) is 5.94. The SMILES string of the molecule is FC#Cc1ccc([C](F)F)cc1. The molecular formula is C9H4F3. The summed E-state index contributed by atoms with van der Waals surface area (Å²) < 4.78 is 35.2. The summed E-state index contributed by atoms with van der Waals surface area (Å²) in [6.45, 7) is 0. The summed E-state index contributed by atoms with van der Waals surface area (Å²) in [4.78, 5) is 0. The van der Waals surface area contributed by atoms with E-state index in [0.29, 0.717) is 5.56 Å². The van der Waals surface area contributed by atoms with E-state index in [4.69, 9.17) is 0 Å². The standard InChI is InChI=1S/C9H4F3/c10-6-5-7-1-3-8(4-2-7)9(11)12/h1-4H. The van der Waals surface area contributed by atoms with Crippen LogP contribution in [0.5, 0.6) is 0 Å². The number of hydrogen-bond donors (Lipinski definition) is 0. The Labute approximate surface area is 68.0 Å². The Morgan fingerprint density at radius 3 is 2.08 bits per heavy atom. The molecular weight excluding hydrogens is 165 g/mol. The van der Waals surface area contributed by atoms with Gasteiger partial charge in [0.05, 0.1) is 0 Å². The lowest BCUT2D eigenvalue weighted by Gasteiger charge is -1.95. The summed E-state index contributed by atoms with van der Waals surface area (Å²) in [5, 5.41) is 0. The molecule has 61 valence electrons. The highest BCUT2D eigenvalue weighted by atomic mass is 19.3. The van der Waals surface area contributed by atoms with Gasteiger partial charge < -0.3 is 0 Å². The van der Waals surface area contributed by atoms with Crippen molar-refractivity contribution < 1.29 is 13.2 Å². The second kappa shape index (κ2) is 3.82. The predicted molar refractivity (Wildman–Crippen MR) is 39.0 cm³/mol. The molecule has 0 heterocycles. The van der Waals surface area contributed by atoms with Gasteiger partial charge in [-0.15, -0.1) is 4.39 Å². The van der Waals surface area contributed by atoms with Gasteiger partial charge in [-0.2, -0.15) is 8.78 Å². The van der Waals surface area contributed by atoms with Crippen molar-refractivity contribution in [2.75, 3.05) is 0 Å². The molecule has 0 aliphatic heterocycles. The van der Waals surface area contributed by atoms with Gasteiger partial charge in [0, 0.05) is 11.1 Å². The lowest BCUT2D eigenvalue weighted by atomic mass is 10.1. The molecule has 1 rings (SSSR count). The van der Waals surface area contributed by atoms with E-state index in [2.05, 4.69) is 5.92 Å². The second-order valence-electron chi connectivity index (χ2n) is 2.06. The third-order valence-electron chi connectivity index (χ3n) is 1.29. The highest BCUT2D eigenvalue weighted by Crippen LogP contribution is 2.17. The molecule has 0 fully saturated rings. The maximum absolute atomic E-state index is 11.9. The molecule has 0 aliphatic carbocycles. The minimum atomic E-state index is -1.75. The van der Waals surface area contributed by atoms with Gasteiger partial charge in [0.15, 0.2) is 0 Å². The highest BCUT2D eigenvalue weighted by Gasteiger charge is 2.07. The Morgan fingerprint density at radius 2 is 1.67 bits per heavy atom. The van der Waals surface area contributed by atoms with Crippen LogP contribution in [-0.4, -0.2) is 0 Å². The monoisotopic (exact) mass is 169 g/mol. The van der Waals surface area contributed by atoms with Gasteiger partial charge in [0.2, 0.25) is 0 Å². The molecule has 0 atom stereocenters. The van der Waals surface area contributed by atoms with E-state index in [1.807, 2.05) is 0 Å². The molecule has 12 heavy (non-hydrogen) atoms. The van der Waals surface area contributed by atoms with Gasteiger partial charge in [-0.05, 0) is 18.1 Å². The van der Waals surface area contributed by atoms with E-state index >= 15 is 0 Å². The highest BCUT2D eigenvalue weighted by molar-refractivity contribution is 5.37. The quantitative estimate of drug-likeness (QED) is 0.567. The molecule has 0 spiro atoms. The minimum Gasteiger partial charge on any atom is -0.194 e. The fourth-order valence-electron chi connectivity index (χ4n) is 0.734. The van der Waals surface area contributed by atoms with Crippen LogP contribution in [0.4, 0.5) is 13.2 Å². The second-order valence-corrected chi connectivity index (χ2v) is 2.06. The van der Waals surface area contributed by atoms with Gasteiger partial charge in [-0.3, -0.25) is 0 Å². The van der Waals surface area contributed by atoms with Crippen LogP contribution in [0.15, 0.2) is 24.3 Å². The summed E-state index contributed by atoms with van der Waals surface area (Å²) in [5.74, 6) is 2.10. The molecule has 3 heteroatoms. The number of halogens is 3. The van der Waals surface area contributed by atoms with Crippen LogP contribution < -0.4 is 0 Å². The number of hydrogen-bond acceptors (Lipinski definition) is 0. The van der Waals surface area contributed by atoms with E-state index < -0.39 is 6.43 Å². The van der Waals surface area contributed by atoms with E-state index in [1.165, 1.54) is 30.4 Å². The molecule has 0 amide bonds. The van der Waals surface area contributed by atoms with Crippen molar-refractivity contribution in [2.24, 2.45) is 0 Å². The maximum atomic E-state index is 11.9. The normalized spacial score (nSPS) is 9.33. The Kier molecular flexibility index (Phi) is 2.76. The van der Waals surface area contributed by atoms with E-state index in [9.17, 15) is 13.2 Å². The van der Waals surface area contributed by atoms with Crippen LogP contribution in [-0.2, 0) is 0 Å². The van der Waals surface area contributed by atoms with Crippen molar-refractivity contribution in [3.05, 3.63) is 41.8 Å². The van der Waals surface area contributed by atoms with E-state index in [-0.39, 0.29) is 5.56 Å². The fourth-order valence-corrected chi connectivity index (χ4v) is 0.734. The summed E-state index contributed by atoms with van der Waals surface area (Å²) in [6.07, 6.45) is -0.566. The Balaban J connectivity index is 2.90. The third-order valence-corrected chi connectivity index (χ3v) is 1.29. The first kappa shape index (κ1) is 8.66. The summed E-state index contributed by atoms with van der Waals surface area (Å²) in [5.41, 5.74) is 0.210. The first-order valence-electron chi connectivity index (χ1n) is 3.14. The molecule has 1 radical (unpaired) electrons. The van der Waals surface area contributed by atoms with Gasteiger partial charge in [0.1, 0.15) is 6.17 Å². The number of benzene rings is 1. The zero-order valence-electron chi connectivity index (χ0n) is 5.94. The first-order chi connectivity index (χ1) is 5.74. The zero-order chi connectivity index (χ0) is 8.97. The molecule has 0 aliphatic rings. The Hall–Kier alpha value is -1.43. The van der Waals surface area contributed by atoms with Gasteiger partial charge in [0.25, 0.3) is 0 Å². The lowest BCUT2D eigenvalue weighted by molar-refractivity contribution is 0.325. The Morgan fingerprint density at radius 1 is 1.08 bits per heavy atom. The first-order valence-corrected chi connectivity index (χ1v) is 3.14. The molecule has 0 saturated heterocycles. The van der Waals surface area contributed by atoms with Crippen LogP contribution in [0.3, 0.4) is 0 Å². The van der Waals surface area contributed by atoms with Crippen molar-refractivity contribution >= 4 is 0 Å². The maximum Gasteiger partial charge on any atom is 0.339 e. The molecule has 0 nitrogen and oxygen atoms in total. The molecule has 0 saturated carbocycles. The van der Waals surface area contributed by atoms with Gasteiger partial charge in [-0.25, -0.2) is 0 Å². The van der Waals surface area contributed by atoms with Crippen LogP contribution in [0.25, 0.3) is 0 Å². The van der Waals surface area contributed by atoms with Crippen molar-refractivity contribution in [2.45, 2.75) is 0 Å². The van der Waals surface area contributed by atoms with Crippen molar-refractivity contribution in [3.63, 3.8) is 0 Å². The molecule has 0 bridgehead atoms. The van der Waals surface area contributed by atoms with Crippen LogP contribution in [0, 0.1) is 18.5 Å². The van der Waals surface area contributed by atoms with Crippen LogP contribution in [0.1, 0.15) is 11.1 Å². The van der Waals surface area contributed by atoms with E-state index in [1.54, 1.807) is 0 Å². The van der Waals surface area contributed by atoms with Gasteiger partial charge >= 0.3 is 6.43 Å².